The van der Waals surface area contributed by atoms with E-state index in [1.54, 1.807) is 75.4 Å². The number of benzene rings is 4. The second-order valence-electron chi connectivity index (χ2n) is 28.3. The summed E-state index contributed by atoms with van der Waals surface area (Å²) < 4.78 is 68.3. The van der Waals surface area contributed by atoms with Crippen molar-refractivity contribution in [1.82, 2.24) is 38.5 Å². The summed E-state index contributed by atoms with van der Waals surface area (Å²) in [5.41, 5.74) is -5.64. The molecular weight excluding hydrogens is 1330 g/mol. The number of alkyl carbamates (subject to hydrolysis) is 1. The second-order valence-corrected chi connectivity index (χ2v) is 30.2. The van der Waals surface area contributed by atoms with Crippen LogP contribution in [0.25, 0.3) is 17.1 Å². The van der Waals surface area contributed by atoms with E-state index in [4.69, 9.17) is 28.4 Å². The minimum atomic E-state index is -3.99. The molecule has 30 heteroatoms. The molecule has 2 saturated carbocycles. The van der Waals surface area contributed by atoms with Gasteiger partial charge in [-0.2, -0.15) is 22.1 Å². The van der Waals surface area contributed by atoms with Gasteiger partial charge in [-0.15, -0.1) is 0 Å². The summed E-state index contributed by atoms with van der Waals surface area (Å²) in [6.45, 7) is 13.6. The molecule has 0 radical (unpaired) electrons. The van der Waals surface area contributed by atoms with Crippen molar-refractivity contribution >= 4 is 51.9 Å². The lowest BCUT2D eigenvalue weighted by Gasteiger charge is -2.65. The van der Waals surface area contributed by atoms with Gasteiger partial charge in [-0.3, -0.25) is 24.1 Å². The number of piperazine rings is 2. The van der Waals surface area contributed by atoms with Crippen molar-refractivity contribution in [2.75, 3.05) is 59.0 Å². The normalized spacial score (nSPS) is 26.4. The smallest absolute Gasteiger partial charge is 0.408 e. The molecule has 4 aromatic carbocycles. The van der Waals surface area contributed by atoms with E-state index in [9.17, 15) is 62.7 Å². The lowest BCUT2D eigenvalue weighted by molar-refractivity contribution is -0.340. The number of phenolic OH excluding ortho intramolecular Hbond substituents is 2. The Morgan fingerprint density at radius 1 is 0.832 bits per heavy atom. The number of rotatable bonds is 19. The summed E-state index contributed by atoms with van der Waals surface area (Å²) in [5, 5.41) is 68.1. The number of carbonyl (C=O) groups excluding carboxylic acids is 7. The number of carbonyl (C=O) groups is 7. The number of hydrogen-bond donors (Lipinski definition) is 7. The fourth-order valence-corrected chi connectivity index (χ4v) is 16.4. The number of phenols is 2. The van der Waals surface area contributed by atoms with Crippen molar-refractivity contribution in [1.29, 1.82) is 0 Å². The van der Waals surface area contributed by atoms with Gasteiger partial charge in [0.05, 0.1) is 47.3 Å². The Morgan fingerprint density at radius 2 is 1.47 bits per heavy atom. The Hall–Kier alpha value is -8.88. The highest BCUT2D eigenvalue weighted by atomic mass is 32.2. The van der Waals surface area contributed by atoms with E-state index in [0.29, 0.717) is 30.9 Å². The van der Waals surface area contributed by atoms with Crippen LogP contribution in [0.15, 0.2) is 113 Å². The van der Waals surface area contributed by atoms with Gasteiger partial charge in [-0.1, -0.05) is 74.5 Å². The minimum absolute atomic E-state index is 0.0175. The molecule has 5 aromatic rings. The van der Waals surface area contributed by atoms with Crippen LogP contribution in [-0.4, -0.2) is 221 Å². The summed E-state index contributed by atoms with van der Waals surface area (Å²) in [5.74, 6) is -7.65. The standard InChI is InChI=1S/C71H86N8O21S/c1-40(2)47-33-48(51(82)34-50(47)81)63-73-74-66(90)79(63)46-21-19-43(20-22-46)38-75-25-29-77(30-26-75)101(93,94)78-31-27-76(28-32-78)55(84)23-24-56(85)97-59(57(44-15-11-9-12-16-44)72-67(91)100-68(5,6)7)65(89)96-52-37-70(92)36-49(41(52)3)58(86)61(87)69(8)53(83)35-54-71(39-95-54,99-42(4)80)60(69)62(70)98-64(88)45-17-13-10-14-18-45/h9-22,33-34,40,52-54,57-60,62,81-83,86,92H,23-32,35-39H2,1-8H3,(H,72,91)(H,74,90)/t52-,53-,54+,57-,58+,59+,60-,62-,69+,70+,71-/m0/s1. The second kappa shape index (κ2) is 28.9. The molecule has 2 amide bonds. The van der Waals surface area contributed by atoms with E-state index >= 15 is 9.59 Å². The van der Waals surface area contributed by atoms with Crippen LogP contribution in [0.5, 0.6) is 11.5 Å². The lowest BCUT2D eigenvalue weighted by Crippen LogP contribution is -2.80. The molecule has 29 nitrogen and oxygen atoms in total. The largest absolute Gasteiger partial charge is 0.508 e. The van der Waals surface area contributed by atoms with E-state index in [-0.39, 0.29) is 103 Å². The summed E-state index contributed by atoms with van der Waals surface area (Å²) >= 11 is 0. The predicted octanol–water partition coefficient (Wildman–Crippen LogP) is 4.24. The number of nitrogens with zero attached hydrogens (tertiary/aromatic N) is 6. The van der Waals surface area contributed by atoms with Crippen LogP contribution in [-0.2, 0) is 69.1 Å². The molecule has 5 fully saturated rings. The third-order valence-corrected chi connectivity index (χ3v) is 22.2. The SMILES string of the molecule is CC(=O)O[C@@]12CO[C@@H]1C[C@H](O)[C@@]1(C)C(=O)[C@H](O)C3=C(C)[C@@H](OC(=O)[C@H](OC(=O)CCC(=O)N4CCN(S(=O)(=O)N5CCN(Cc6ccc(-n7c(-c8cc(C(C)C)c(O)cc8O)n[nH]c7=O)cc6)CC5)CC4)[C@@H](NC(=O)OC(C)(C)C)c4ccccc4)C[C@](O)(C3)[C@@H](OC(=O)c3ccccc3)[C@H]21. The number of amides is 2. The average Bonchev–Trinajstić information content (AvgIpc) is 0.995. The van der Waals surface area contributed by atoms with E-state index in [0.717, 1.165) is 12.5 Å². The van der Waals surface area contributed by atoms with Gasteiger partial charge >= 0.3 is 35.7 Å². The van der Waals surface area contributed by atoms with E-state index in [2.05, 4.69) is 20.4 Å². The van der Waals surface area contributed by atoms with Gasteiger partial charge in [0.1, 0.15) is 53.2 Å². The molecule has 11 rings (SSSR count). The Kier molecular flexibility index (Phi) is 21.0. The number of esters is 4. The zero-order valence-electron chi connectivity index (χ0n) is 57.4. The third kappa shape index (κ3) is 14.8. The molecule has 6 aliphatic rings. The lowest BCUT2D eigenvalue weighted by atomic mass is 9.48. The fourth-order valence-electron chi connectivity index (χ4n) is 14.8. The van der Waals surface area contributed by atoms with Gasteiger partial charge < -0.3 is 64.2 Å². The van der Waals surface area contributed by atoms with Crippen LogP contribution < -0.4 is 11.0 Å². The maximum atomic E-state index is 15.3. The number of nitrogens with one attached hydrogen (secondary N) is 2. The first kappa shape index (κ1) is 73.3. The molecule has 3 aliphatic heterocycles. The van der Waals surface area contributed by atoms with E-state index < -0.39 is 154 Å². The molecule has 3 saturated heterocycles. The zero-order chi connectivity index (χ0) is 72.8. The first-order valence-corrected chi connectivity index (χ1v) is 35.0. The van der Waals surface area contributed by atoms with Gasteiger partial charge in [0.15, 0.2) is 17.2 Å². The van der Waals surface area contributed by atoms with Gasteiger partial charge in [-0.25, -0.2) is 28.8 Å². The van der Waals surface area contributed by atoms with Crippen LogP contribution >= 0.6 is 0 Å². The molecule has 4 heterocycles. The van der Waals surface area contributed by atoms with E-state index in [1.165, 1.54) is 62.3 Å². The quantitative estimate of drug-likeness (QED) is 0.0345. The molecule has 1 aromatic heterocycles. The average molecular weight is 1420 g/mol. The zero-order valence-corrected chi connectivity index (χ0v) is 58.2. The molecule has 0 unspecified atom stereocenters. The number of ketones is 1. The van der Waals surface area contributed by atoms with Crippen molar-refractivity contribution in [3.05, 3.63) is 141 Å². The Balaban J connectivity index is 0.765. The molecule has 0 spiro atoms. The van der Waals surface area contributed by atoms with Gasteiger partial charge in [0.25, 0.3) is 10.2 Å². The first-order chi connectivity index (χ1) is 47.7. The van der Waals surface area contributed by atoms with Gasteiger partial charge in [-0.05, 0) is 98.7 Å². The van der Waals surface area contributed by atoms with Gasteiger partial charge in [0, 0.05) is 97.6 Å². The fraction of sp³-hybridized carbons (Fsp3) is 0.507. The number of ether oxygens (including phenoxy) is 6. The van der Waals surface area contributed by atoms with Crippen LogP contribution in [0.2, 0.25) is 0 Å². The van der Waals surface area contributed by atoms with Gasteiger partial charge in [0.2, 0.25) is 12.0 Å². The first-order valence-electron chi connectivity index (χ1n) is 33.6. The number of fused-ring (bicyclic) bond motifs is 5. The number of H-pyrrole nitrogens is 1. The van der Waals surface area contributed by atoms with Crippen LogP contribution in [0, 0.1) is 11.3 Å². The maximum Gasteiger partial charge on any atom is 0.408 e. The van der Waals surface area contributed by atoms with Crippen molar-refractivity contribution in [3.8, 4) is 28.6 Å². The van der Waals surface area contributed by atoms with Crippen LogP contribution in [0.4, 0.5) is 4.79 Å². The Labute approximate surface area is 583 Å². The highest BCUT2D eigenvalue weighted by Gasteiger charge is 2.76. The van der Waals surface area contributed by atoms with Crippen LogP contribution in [0.1, 0.15) is 127 Å². The number of Topliss-reactive ketones (excluding diaryl/α,β-unsaturated/α-hetero) is 1. The number of hydrogen-bond acceptors (Lipinski definition) is 23. The number of aliphatic hydroxyl groups is 3. The van der Waals surface area contributed by atoms with Crippen LogP contribution in [0.3, 0.4) is 0 Å². The maximum absolute atomic E-state index is 15.3. The number of aromatic amines is 1. The summed E-state index contributed by atoms with van der Waals surface area (Å²) in [7, 11) is -3.99. The topological polar surface area (TPSA) is 386 Å². The molecule has 2 bridgehead atoms. The Morgan fingerprint density at radius 3 is 2.07 bits per heavy atom. The molecule has 3 aliphatic carbocycles. The highest BCUT2D eigenvalue weighted by molar-refractivity contribution is 7.86. The summed E-state index contributed by atoms with van der Waals surface area (Å²) in [4.78, 5) is 116. The number of aromatic hydroxyl groups is 2. The molecule has 7 N–H and O–H groups in total. The molecule has 101 heavy (non-hydrogen) atoms. The summed E-state index contributed by atoms with van der Waals surface area (Å²) in [6, 6.07) is 24.0. The molecule has 542 valence electrons. The van der Waals surface area contributed by atoms with Crippen molar-refractivity contribution in [3.63, 3.8) is 0 Å². The highest BCUT2D eigenvalue weighted by Crippen LogP contribution is 2.61. The molecule has 11 atom stereocenters. The number of aliphatic hydroxyl groups excluding tert-OH is 2. The number of aromatic nitrogens is 3. The third-order valence-electron chi connectivity index (χ3n) is 20.2. The predicted molar refractivity (Wildman–Crippen MR) is 359 cm³/mol. The minimum Gasteiger partial charge on any atom is -0.508 e. The Bertz CT molecular complexity index is 4180. The van der Waals surface area contributed by atoms with Crippen molar-refractivity contribution in [2.45, 2.75) is 159 Å². The summed E-state index contributed by atoms with van der Waals surface area (Å²) in [6.07, 6.45) is -14.0. The monoisotopic (exact) mass is 1420 g/mol. The van der Waals surface area contributed by atoms with E-state index in [1.807, 2.05) is 26.0 Å². The van der Waals surface area contributed by atoms with Crippen molar-refractivity contribution < 1.29 is 95.9 Å². The van der Waals surface area contributed by atoms with Crippen molar-refractivity contribution in [2.24, 2.45) is 11.3 Å². The molecular formula is C71H86N8O21S.